The number of benzene rings is 2. The first-order valence-corrected chi connectivity index (χ1v) is 7.43. The van der Waals surface area contributed by atoms with Gasteiger partial charge in [-0.2, -0.15) is 0 Å². The van der Waals surface area contributed by atoms with Crippen LogP contribution in [0.1, 0.15) is 13.8 Å². The largest absolute Gasteiger partial charge is 0.493 e. The van der Waals surface area contributed by atoms with Crippen LogP contribution in [0.15, 0.2) is 42.5 Å². The lowest BCUT2D eigenvalue weighted by Crippen LogP contribution is -2.05. The highest BCUT2D eigenvalue weighted by molar-refractivity contribution is 5.79. The zero-order valence-corrected chi connectivity index (χ0v) is 13.1. The van der Waals surface area contributed by atoms with Crippen LogP contribution in [-0.2, 0) is 0 Å². The molecule has 0 unspecified atom stereocenters. The van der Waals surface area contributed by atoms with Crippen LogP contribution >= 0.6 is 0 Å². The molecule has 0 spiro atoms. The van der Waals surface area contributed by atoms with Crippen LogP contribution in [0.25, 0.3) is 22.4 Å². The summed E-state index contributed by atoms with van der Waals surface area (Å²) in [6, 6.07) is 13.9. The average Bonchev–Trinajstić information content (AvgIpc) is 2.96. The molecule has 0 radical (unpaired) electrons. The second-order valence-electron chi connectivity index (χ2n) is 5.67. The number of aromatic amines is 1. The lowest BCUT2D eigenvalue weighted by molar-refractivity contribution is 0.257. The van der Waals surface area contributed by atoms with E-state index in [0.29, 0.717) is 12.5 Å². The Morgan fingerprint density at radius 2 is 1.91 bits per heavy atom. The summed E-state index contributed by atoms with van der Waals surface area (Å²) in [6.07, 6.45) is 0. The van der Waals surface area contributed by atoms with Gasteiger partial charge in [0.15, 0.2) is 11.5 Å². The molecule has 0 aliphatic carbocycles. The Hall–Kier alpha value is -2.49. The van der Waals surface area contributed by atoms with Crippen LogP contribution in [0.5, 0.6) is 11.5 Å². The molecule has 22 heavy (non-hydrogen) atoms. The number of rotatable bonds is 5. The quantitative estimate of drug-likeness (QED) is 0.764. The first kappa shape index (κ1) is 14.4. The fourth-order valence-electron chi connectivity index (χ4n) is 2.28. The van der Waals surface area contributed by atoms with Gasteiger partial charge in [-0.3, -0.25) is 0 Å². The smallest absolute Gasteiger partial charge is 0.161 e. The van der Waals surface area contributed by atoms with Gasteiger partial charge in [-0.1, -0.05) is 26.0 Å². The van der Waals surface area contributed by atoms with Gasteiger partial charge in [0, 0.05) is 5.56 Å². The number of para-hydroxylation sites is 2. The maximum absolute atomic E-state index is 5.78. The van der Waals surface area contributed by atoms with E-state index in [0.717, 1.165) is 33.9 Å². The summed E-state index contributed by atoms with van der Waals surface area (Å²) < 4.78 is 11.2. The maximum Gasteiger partial charge on any atom is 0.161 e. The van der Waals surface area contributed by atoms with E-state index in [2.05, 4.69) is 23.8 Å². The third-order valence-electron chi connectivity index (χ3n) is 3.40. The molecule has 4 nitrogen and oxygen atoms in total. The van der Waals surface area contributed by atoms with E-state index in [9.17, 15) is 0 Å². The van der Waals surface area contributed by atoms with Crippen molar-refractivity contribution in [3.8, 4) is 22.9 Å². The Morgan fingerprint density at radius 1 is 1.09 bits per heavy atom. The summed E-state index contributed by atoms with van der Waals surface area (Å²) in [5.74, 6) is 2.78. The van der Waals surface area contributed by atoms with Crippen molar-refractivity contribution in [3.63, 3.8) is 0 Å². The molecule has 2 aromatic carbocycles. The zero-order valence-electron chi connectivity index (χ0n) is 13.1. The van der Waals surface area contributed by atoms with Crippen LogP contribution in [0.3, 0.4) is 0 Å². The second-order valence-corrected chi connectivity index (χ2v) is 5.67. The molecule has 114 valence electrons. The fraction of sp³-hybridized carbons (Fsp3) is 0.278. The average molecular weight is 296 g/mol. The SMILES string of the molecule is COc1cc(-c2nc3ccccc3[nH]2)ccc1OCC(C)C. The minimum atomic E-state index is 0.472. The number of imidazole rings is 1. The molecule has 0 atom stereocenters. The highest BCUT2D eigenvalue weighted by Gasteiger charge is 2.10. The molecule has 3 rings (SSSR count). The van der Waals surface area contributed by atoms with Crippen molar-refractivity contribution in [2.45, 2.75) is 13.8 Å². The van der Waals surface area contributed by atoms with Crippen molar-refractivity contribution in [2.75, 3.05) is 13.7 Å². The predicted molar refractivity (Wildman–Crippen MR) is 88.4 cm³/mol. The standard InChI is InChI=1S/C18H20N2O2/c1-12(2)11-22-16-9-8-13(10-17(16)21-3)18-19-14-6-4-5-7-15(14)20-18/h4-10,12H,11H2,1-3H3,(H,19,20). The molecule has 0 fully saturated rings. The van der Waals surface area contributed by atoms with E-state index in [1.807, 2.05) is 42.5 Å². The topological polar surface area (TPSA) is 47.1 Å². The third kappa shape index (κ3) is 2.91. The minimum Gasteiger partial charge on any atom is -0.493 e. The van der Waals surface area contributed by atoms with Crippen molar-refractivity contribution in [1.29, 1.82) is 0 Å². The fourth-order valence-corrected chi connectivity index (χ4v) is 2.28. The Morgan fingerprint density at radius 3 is 2.64 bits per heavy atom. The monoisotopic (exact) mass is 296 g/mol. The van der Waals surface area contributed by atoms with Gasteiger partial charge in [0.2, 0.25) is 0 Å². The van der Waals surface area contributed by atoms with Crippen molar-refractivity contribution in [2.24, 2.45) is 5.92 Å². The Bertz CT molecular complexity index is 745. The number of aromatic nitrogens is 2. The summed E-state index contributed by atoms with van der Waals surface area (Å²) in [6.45, 7) is 4.91. The number of hydrogen-bond donors (Lipinski definition) is 1. The lowest BCUT2D eigenvalue weighted by atomic mass is 10.2. The Balaban J connectivity index is 1.94. The van der Waals surface area contributed by atoms with Crippen molar-refractivity contribution in [1.82, 2.24) is 9.97 Å². The molecule has 0 saturated heterocycles. The van der Waals surface area contributed by atoms with E-state index >= 15 is 0 Å². The molecular formula is C18H20N2O2. The number of ether oxygens (including phenoxy) is 2. The Kier molecular flexibility index (Phi) is 4.00. The number of fused-ring (bicyclic) bond motifs is 1. The van der Waals surface area contributed by atoms with Gasteiger partial charge in [-0.05, 0) is 36.2 Å². The number of methoxy groups -OCH3 is 1. The van der Waals surface area contributed by atoms with Gasteiger partial charge in [-0.25, -0.2) is 4.98 Å². The molecular weight excluding hydrogens is 276 g/mol. The van der Waals surface area contributed by atoms with Crippen LogP contribution in [0.4, 0.5) is 0 Å². The zero-order chi connectivity index (χ0) is 15.5. The van der Waals surface area contributed by atoms with Crippen molar-refractivity contribution in [3.05, 3.63) is 42.5 Å². The number of nitrogens with zero attached hydrogens (tertiary/aromatic N) is 1. The van der Waals surface area contributed by atoms with Gasteiger partial charge in [-0.15, -0.1) is 0 Å². The highest BCUT2D eigenvalue weighted by atomic mass is 16.5. The van der Waals surface area contributed by atoms with E-state index in [1.165, 1.54) is 0 Å². The second kappa shape index (κ2) is 6.10. The van der Waals surface area contributed by atoms with E-state index in [1.54, 1.807) is 7.11 Å². The number of hydrogen-bond acceptors (Lipinski definition) is 3. The molecule has 0 bridgehead atoms. The molecule has 0 aliphatic rings. The molecule has 0 amide bonds. The minimum absolute atomic E-state index is 0.472. The van der Waals surface area contributed by atoms with Crippen LogP contribution in [0, 0.1) is 5.92 Å². The molecule has 1 heterocycles. The van der Waals surface area contributed by atoms with E-state index in [-0.39, 0.29) is 0 Å². The predicted octanol–water partition coefficient (Wildman–Crippen LogP) is 4.27. The lowest BCUT2D eigenvalue weighted by Gasteiger charge is -2.13. The summed E-state index contributed by atoms with van der Waals surface area (Å²) in [7, 11) is 1.65. The summed E-state index contributed by atoms with van der Waals surface area (Å²) in [4.78, 5) is 7.94. The van der Waals surface area contributed by atoms with Gasteiger partial charge >= 0.3 is 0 Å². The van der Waals surface area contributed by atoms with Gasteiger partial charge < -0.3 is 14.5 Å². The van der Waals surface area contributed by atoms with E-state index < -0.39 is 0 Å². The third-order valence-corrected chi connectivity index (χ3v) is 3.40. The van der Waals surface area contributed by atoms with Gasteiger partial charge in [0.25, 0.3) is 0 Å². The molecule has 0 aliphatic heterocycles. The van der Waals surface area contributed by atoms with Crippen LogP contribution < -0.4 is 9.47 Å². The summed E-state index contributed by atoms with van der Waals surface area (Å²) in [5.41, 5.74) is 2.96. The number of H-pyrrole nitrogens is 1. The van der Waals surface area contributed by atoms with E-state index in [4.69, 9.17) is 9.47 Å². The van der Waals surface area contributed by atoms with Gasteiger partial charge in [0.1, 0.15) is 5.82 Å². The molecule has 1 N–H and O–H groups in total. The van der Waals surface area contributed by atoms with Crippen molar-refractivity contribution >= 4 is 11.0 Å². The normalized spacial score (nSPS) is 11.1. The highest BCUT2D eigenvalue weighted by Crippen LogP contribution is 2.32. The maximum atomic E-state index is 5.78. The van der Waals surface area contributed by atoms with Gasteiger partial charge in [0.05, 0.1) is 24.8 Å². The van der Waals surface area contributed by atoms with Crippen LogP contribution in [0.2, 0.25) is 0 Å². The Labute approximate surface area is 130 Å². The first-order valence-electron chi connectivity index (χ1n) is 7.43. The molecule has 3 aromatic rings. The number of nitrogens with one attached hydrogen (secondary N) is 1. The summed E-state index contributed by atoms with van der Waals surface area (Å²) >= 11 is 0. The first-order chi connectivity index (χ1) is 10.7. The van der Waals surface area contributed by atoms with Crippen LogP contribution in [-0.4, -0.2) is 23.7 Å². The summed E-state index contributed by atoms with van der Waals surface area (Å²) in [5, 5.41) is 0. The van der Waals surface area contributed by atoms with Crippen molar-refractivity contribution < 1.29 is 9.47 Å². The molecule has 0 saturated carbocycles. The molecule has 1 aromatic heterocycles. The molecule has 4 heteroatoms.